The van der Waals surface area contributed by atoms with E-state index in [1.165, 1.54) is 16.7 Å². The first kappa shape index (κ1) is 12.2. The molecule has 19 heavy (non-hydrogen) atoms. The van der Waals surface area contributed by atoms with Gasteiger partial charge in [0.05, 0.1) is 0 Å². The van der Waals surface area contributed by atoms with Crippen molar-refractivity contribution < 1.29 is 9.31 Å². The van der Waals surface area contributed by atoms with Crippen molar-refractivity contribution >= 4 is 12.6 Å². The summed E-state index contributed by atoms with van der Waals surface area (Å²) in [6.45, 7) is 8.37. The van der Waals surface area contributed by atoms with Crippen molar-refractivity contribution in [3.8, 4) is 11.5 Å². The molecule has 0 N–H and O–H groups in total. The molecule has 0 aromatic heterocycles. The summed E-state index contributed by atoms with van der Waals surface area (Å²) in [7, 11) is -0.323. The highest BCUT2D eigenvalue weighted by atomic mass is 16.6. The lowest BCUT2D eigenvalue weighted by molar-refractivity contribution is 0.517. The molecule has 0 saturated carbocycles. The van der Waals surface area contributed by atoms with Crippen molar-refractivity contribution in [2.24, 2.45) is 0 Å². The Labute approximate surface area is 114 Å². The fraction of sp³-hybridized carbons (Fsp3) is 0.250. The van der Waals surface area contributed by atoms with E-state index in [2.05, 4.69) is 32.9 Å². The lowest BCUT2D eigenvalue weighted by Gasteiger charge is -2.12. The molecule has 0 unspecified atom stereocenters. The van der Waals surface area contributed by atoms with Gasteiger partial charge < -0.3 is 9.31 Å². The van der Waals surface area contributed by atoms with Crippen molar-refractivity contribution in [1.82, 2.24) is 0 Å². The van der Waals surface area contributed by atoms with Crippen LogP contribution in [-0.4, -0.2) is 7.12 Å². The number of benzene rings is 2. The van der Waals surface area contributed by atoms with Crippen LogP contribution in [0.3, 0.4) is 0 Å². The van der Waals surface area contributed by atoms with Crippen LogP contribution in [0.15, 0.2) is 30.3 Å². The van der Waals surface area contributed by atoms with Gasteiger partial charge in [-0.25, -0.2) is 0 Å². The van der Waals surface area contributed by atoms with Crippen LogP contribution < -0.4 is 14.8 Å². The maximum Gasteiger partial charge on any atom is 0.633 e. The molecule has 3 heteroatoms. The molecule has 0 bridgehead atoms. The molecule has 0 fully saturated rings. The Morgan fingerprint density at radius 1 is 0.842 bits per heavy atom. The lowest BCUT2D eigenvalue weighted by Crippen LogP contribution is -2.42. The summed E-state index contributed by atoms with van der Waals surface area (Å²) >= 11 is 0. The molecule has 0 amide bonds. The molecule has 3 rings (SSSR count). The van der Waals surface area contributed by atoms with Gasteiger partial charge in [0.2, 0.25) is 0 Å². The van der Waals surface area contributed by atoms with Gasteiger partial charge in [-0.05, 0) is 50.5 Å². The molecule has 1 heterocycles. The largest absolute Gasteiger partial charge is 0.633 e. The third-order valence-electron chi connectivity index (χ3n) is 3.61. The van der Waals surface area contributed by atoms with Crippen LogP contribution in [0.5, 0.6) is 11.5 Å². The Bertz CT molecular complexity index is 626. The van der Waals surface area contributed by atoms with E-state index in [4.69, 9.17) is 9.31 Å². The maximum atomic E-state index is 6.00. The SMILES string of the molecule is Cc1cc(C)c(B2Oc3cccc(C)c3O2)c(C)c1. The van der Waals surface area contributed by atoms with Crippen LogP contribution in [-0.2, 0) is 0 Å². The predicted octanol–water partition coefficient (Wildman–Crippen LogP) is 3.09. The normalized spacial score (nSPS) is 12.9. The summed E-state index contributed by atoms with van der Waals surface area (Å²) in [5, 5.41) is 0. The van der Waals surface area contributed by atoms with E-state index in [1.54, 1.807) is 0 Å². The van der Waals surface area contributed by atoms with Gasteiger partial charge in [-0.2, -0.15) is 0 Å². The number of aryl methyl sites for hydroxylation is 4. The number of rotatable bonds is 1. The second-order valence-corrected chi connectivity index (χ2v) is 5.28. The van der Waals surface area contributed by atoms with E-state index >= 15 is 0 Å². The van der Waals surface area contributed by atoms with Crippen LogP contribution in [0, 0.1) is 27.7 Å². The first-order valence-electron chi connectivity index (χ1n) is 6.57. The van der Waals surface area contributed by atoms with Gasteiger partial charge in [0.1, 0.15) is 11.5 Å². The molecular weight excluding hydrogens is 235 g/mol. The first-order chi connectivity index (χ1) is 9.06. The van der Waals surface area contributed by atoms with Crippen LogP contribution in [0.4, 0.5) is 0 Å². The fourth-order valence-corrected chi connectivity index (χ4v) is 2.80. The Hall–Kier alpha value is -1.90. The summed E-state index contributed by atoms with van der Waals surface area (Å²) < 4.78 is 12.0. The zero-order valence-electron chi connectivity index (χ0n) is 11.8. The Balaban J connectivity index is 2.02. The van der Waals surface area contributed by atoms with Gasteiger partial charge in [-0.15, -0.1) is 0 Å². The van der Waals surface area contributed by atoms with Crippen LogP contribution in [0.1, 0.15) is 22.3 Å². The highest BCUT2D eigenvalue weighted by Gasteiger charge is 2.37. The zero-order valence-corrected chi connectivity index (χ0v) is 11.8. The third kappa shape index (κ3) is 1.99. The predicted molar refractivity (Wildman–Crippen MR) is 78.5 cm³/mol. The van der Waals surface area contributed by atoms with Crippen LogP contribution in [0.2, 0.25) is 0 Å². The molecule has 0 radical (unpaired) electrons. The smallest absolute Gasteiger partial charge is 0.519 e. The van der Waals surface area contributed by atoms with E-state index in [-0.39, 0.29) is 7.12 Å². The highest BCUT2D eigenvalue weighted by molar-refractivity contribution is 6.64. The van der Waals surface area contributed by atoms with Gasteiger partial charge >= 0.3 is 7.12 Å². The van der Waals surface area contributed by atoms with E-state index < -0.39 is 0 Å². The standard InChI is InChI=1S/C16H17BO2/c1-10-8-12(3)15(13(4)9-10)17-18-14-7-5-6-11(2)16(14)19-17/h5-9H,1-4H3. The first-order valence-corrected chi connectivity index (χ1v) is 6.57. The lowest BCUT2D eigenvalue weighted by atomic mass is 9.73. The molecule has 1 aliphatic heterocycles. The van der Waals surface area contributed by atoms with Gasteiger partial charge in [-0.3, -0.25) is 0 Å². The molecule has 96 valence electrons. The average Bonchev–Trinajstić information content (AvgIpc) is 2.72. The molecule has 2 aromatic rings. The number of hydrogen-bond acceptors (Lipinski definition) is 2. The van der Waals surface area contributed by atoms with Crippen LogP contribution in [0.25, 0.3) is 0 Å². The van der Waals surface area contributed by atoms with E-state index in [0.717, 1.165) is 22.5 Å². The molecule has 0 atom stereocenters. The number of fused-ring (bicyclic) bond motifs is 1. The number of para-hydroxylation sites is 1. The highest BCUT2D eigenvalue weighted by Crippen LogP contribution is 2.36. The van der Waals surface area contributed by atoms with Crippen molar-refractivity contribution in [3.63, 3.8) is 0 Å². The molecule has 2 nitrogen and oxygen atoms in total. The monoisotopic (exact) mass is 252 g/mol. The van der Waals surface area contributed by atoms with Crippen molar-refractivity contribution in [3.05, 3.63) is 52.6 Å². The minimum atomic E-state index is -0.323. The van der Waals surface area contributed by atoms with Gasteiger partial charge in [-0.1, -0.05) is 29.8 Å². The second kappa shape index (κ2) is 4.34. The zero-order chi connectivity index (χ0) is 13.6. The second-order valence-electron chi connectivity index (χ2n) is 5.28. The van der Waals surface area contributed by atoms with Crippen molar-refractivity contribution in [2.45, 2.75) is 27.7 Å². The summed E-state index contributed by atoms with van der Waals surface area (Å²) in [5.41, 5.74) is 5.95. The average molecular weight is 252 g/mol. The summed E-state index contributed by atoms with van der Waals surface area (Å²) in [6, 6.07) is 10.3. The summed E-state index contributed by atoms with van der Waals surface area (Å²) in [6.07, 6.45) is 0. The Morgan fingerprint density at radius 3 is 2.16 bits per heavy atom. The molecule has 0 spiro atoms. The summed E-state index contributed by atoms with van der Waals surface area (Å²) in [5.74, 6) is 1.70. The Morgan fingerprint density at radius 2 is 1.53 bits per heavy atom. The maximum absolute atomic E-state index is 6.00. The van der Waals surface area contributed by atoms with Crippen molar-refractivity contribution in [1.29, 1.82) is 0 Å². The molecule has 0 saturated heterocycles. The molecular formula is C16H17BO2. The van der Waals surface area contributed by atoms with E-state index in [1.807, 2.05) is 25.1 Å². The molecule has 2 aromatic carbocycles. The quantitative estimate of drug-likeness (QED) is 0.726. The van der Waals surface area contributed by atoms with Crippen molar-refractivity contribution in [2.75, 3.05) is 0 Å². The third-order valence-corrected chi connectivity index (χ3v) is 3.61. The topological polar surface area (TPSA) is 18.5 Å². The fourth-order valence-electron chi connectivity index (χ4n) is 2.80. The number of hydrogen-bond donors (Lipinski definition) is 0. The van der Waals surface area contributed by atoms with Crippen LogP contribution >= 0.6 is 0 Å². The van der Waals surface area contributed by atoms with E-state index in [0.29, 0.717) is 0 Å². The molecule has 0 aliphatic carbocycles. The van der Waals surface area contributed by atoms with E-state index in [9.17, 15) is 0 Å². The van der Waals surface area contributed by atoms with Gasteiger partial charge in [0.15, 0.2) is 0 Å². The minimum Gasteiger partial charge on any atom is -0.519 e. The molecule has 1 aliphatic rings. The van der Waals surface area contributed by atoms with Gasteiger partial charge in [0, 0.05) is 5.46 Å². The Kier molecular flexibility index (Phi) is 2.77. The summed E-state index contributed by atoms with van der Waals surface area (Å²) in [4.78, 5) is 0. The van der Waals surface area contributed by atoms with Gasteiger partial charge in [0.25, 0.3) is 0 Å². The minimum absolute atomic E-state index is 0.323.